The van der Waals surface area contributed by atoms with E-state index in [0.717, 1.165) is 23.5 Å². The molecular weight excluding hydrogens is 289 g/mol. The number of aromatic nitrogens is 2. The minimum absolute atomic E-state index is 0.648. The van der Waals surface area contributed by atoms with Gasteiger partial charge in [-0.3, -0.25) is 0 Å². The summed E-state index contributed by atoms with van der Waals surface area (Å²) in [5.41, 5.74) is 2.48. The van der Waals surface area contributed by atoms with Crippen molar-refractivity contribution in [3.63, 3.8) is 0 Å². The van der Waals surface area contributed by atoms with Crippen molar-refractivity contribution in [2.24, 2.45) is 0 Å². The van der Waals surface area contributed by atoms with Gasteiger partial charge in [-0.05, 0) is 37.3 Å². The molecule has 0 bridgehead atoms. The second-order valence-corrected chi connectivity index (χ2v) is 4.99. The molecule has 0 aliphatic rings. The van der Waals surface area contributed by atoms with Gasteiger partial charge in [-0.25, -0.2) is 4.68 Å². The first-order valence-corrected chi connectivity index (χ1v) is 6.75. The van der Waals surface area contributed by atoms with Crippen molar-refractivity contribution in [3.8, 4) is 16.9 Å². The first-order valence-electron chi connectivity index (χ1n) is 6.75. The van der Waals surface area contributed by atoms with Crippen LogP contribution >= 0.6 is 0 Å². The largest absolute Gasteiger partial charge is 0.416 e. The Morgan fingerprint density at radius 1 is 0.909 bits per heavy atom. The predicted molar refractivity (Wildman–Crippen MR) is 78.7 cm³/mol. The van der Waals surface area contributed by atoms with Gasteiger partial charge < -0.3 is 0 Å². The molecule has 3 aromatic rings. The van der Waals surface area contributed by atoms with Crippen molar-refractivity contribution >= 4 is 0 Å². The van der Waals surface area contributed by atoms with Gasteiger partial charge in [-0.15, -0.1) is 0 Å². The average Bonchev–Trinajstić information content (AvgIpc) is 2.89. The number of hydrogen-bond donors (Lipinski definition) is 0. The number of halogens is 3. The number of hydrogen-bond acceptors (Lipinski definition) is 1. The Hall–Kier alpha value is -2.56. The molecule has 112 valence electrons. The van der Waals surface area contributed by atoms with Crippen molar-refractivity contribution in [3.05, 3.63) is 71.9 Å². The zero-order valence-corrected chi connectivity index (χ0v) is 11.8. The van der Waals surface area contributed by atoms with Crippen LogP contribution in [0.15, 0.2) is 60.7 Å². The summed E-state index contributed by atoms with van der Waals surface area (Å²) in [6.45, 7) is 1.91. The molecule has 0 N–H and O–H groups in total. The fourth-order valence-corrected chi connectivity index (χ4v) is 2.28. The molecule has 3 rings (SSSR count). The quantitative estimate of drug-likeness (QED) is 0.660. The van der Waals surface area contributed by atoms with Crippen LogP contribution in [0.2, 0.25) is 0 Å². The van der Waals surface area contributed by atoms with E-state index >= 15 is 0 Å². The molecule has 0 unspecified atom stereocenters. The maximum absolute atomic E-state index is 12.6. The molecule has 0 radical (unpaired) electrons. The summed E-state index contributed by atoms with van der Waals surface area (Å²) in [4.78, 5) is 0. The number of benzene rings is 2. The Morgan fingerprint density at radius 3 is 2.14 bits per heavy atom. The summed E-state index contributed by atoms with van der Waals surface area (Å²) in [6, 6.07) is 16.5. The number of alkyl halides is 3. The van der Waals surface area contributed by atoms with Gasteiger partial charge in [-0.1, -0.05) is 30.3 Å². The summed E-state index contributed by atoms with van der Waals surface area (Å²) in [5.74, 6) is 0. The van der Waals surface area contributed by atoms with Gasteiger partial charge in [0.05, 0.1) is 16.9 Å². The van der Waals surface area contributed by atoms with E-state index < -0.39 is 11.7 Å². The van der Waals surface area contributed by atoms with Crippen molar-refractivity contribution in [2.75, 3.05) is 0 Å². The highest BCUT2D eigenvalue weighted by molar-refractivity contribution is 5.60. The van der Waals surface area contributed by atoms with Crippen LogP contribution in [-0.4, -0.2) is 9.78 Å². The third kappa shape index (κ3) is 2.74. The van der Waals surface area contributed by atoms with E-state index in [1.165, 1.54) is 12.1 Å². The highest BCUT2D eigenvalue weighted by Gasteiger charge is 2.30. The number of rotatable bonds is 2. The number of para-hydroxylation sites is 1. The highest BCUT2D eigenvalue weighted by atomic mass is 19.4. The van der Waals surface area contributed by atoms with Crippen LogP contribution in [0.1, 0.15) is 11.3 Å². The molecule has 1 heterocycles. The predicted octanol–water partition coefficient (Wildman–Crippen LogP) is 4.87. The molecule has 0 aliphatic carbocycles. The standard InChI is InChI=1S/C17H13F3N2/c1-12-11-16(21-22(12)15-5-3-2-4-6-15)13-7-9-14(10-8-13)17(18,19)20/h2-11H,1H3. The maximum atomic E-state index is 12.6. The van der Waals surface area contributed by atoms with Crippen molar-refractivity contribution in [2.45, 2.75) is 13.1 Å². The van der Waals surface area contributed by atoms with Crippen molar-refractivity contribution in [1.29, 1.82) is 0 Å². The van der Waals surface area contributed by atoms with E-state index in [9.17, 15) is 13.2 Å². The van der Waals surface area contributed by atoms with E-state index in [2.05, 4.69) is 5.10 Å². The molecule has 0 aliphatic heterocycles. The molecule has 2 aromatic carbocycles. The van der Waals surface area contributed by atoms with E-state index in [0.29, 0.717) is 11.3 Å². The molecule has 0 saturated carbocycles. The third-order valence-electron chi connectivity index (χ3n) is 3.40. The Bertz CT molecular complexity index is 772. The average molecular weight is 302 g/mol. The summed E-state index contributed by atoms with van der Waals surface area (Å²) in [6.07, 6.45) is -4.32. The number of nitrogens with zero attached hydrogens (tertiary/aromatic N) is 2. The van der Waals surface area contributed by atoms with Gasteiger partial charge in [0, 0.05) is 11.3 Å². The van der Waals surface area contributed by atoms with E-state index in [1.54, 1.807) is 4.68 Å². The molecule has 0 fully saturated rings. The van der Waals surface area contributed by atoms with Crippen LogP contribution in [0.25, 0.3) is 16.9 Å². The van der Waals surface area contributed by atoms with Gasteiger partial charge in [-0.2, -0.15) is 18.3 Å². The van der Waals surface area contributed by atoms with Crippen LogP contribution < -0.4 is 0 Å². The van der Waals surface area contributed by atoms with Gasteiger partial charge in [0.1, 0.15) is 0 Å². The van der Waals surface area contributed by atoms with Crippen LogP contribution in [0.4, 0.5) is 13.2 Å². The van der Waals surface area contributed by atoms with Gasteiger partial charge in [0.15, 0.2) is 0 Å². The lowest BCUT2D eigenvalue weighted by atomic mass is 10.1. The second-order valence-electron chi connectivity index (χ2n) is 4.99. The molecule has 0 saturated heterocycles. The lowest BCUT2D eigenvalue weighted by Gasteiger charge is -2.06. The van der Waals surface area contributed by atoms with Crippen molar-refractivity contribution in [1.82, 2.24) is 9.78 Å². The minimum atomic E-state index is -4.32. The normalized spacial score (nSPS) is 11.6. The fraction of sp³-hybridized carbons (Fsp3) is 0.118. The Labute approximate surface area is 125 Å². The first-order chi connectivity index (χ1) is 10.4. The topological polar surface area (TPSA) is 17.8 Å². The smallest absolute Gasteiger partial charge is 0.237 e. The van der Waals surface area contributed by atoms with Crippen LogP contribution in [0.3, 0.4) is 0 Å². The third-order valence-corrected chi connectivity index (χ3v) is 3.40. The zero-order valence-electron chi connectivity index (χ0n) is 11.8. The molecular formula is C17H13F3N2. The Balaban J connectivity index is 1.97. The Morgan fingerprint density at radius 2 is 1.55 bits per heavy atom. The lowest BCUT2D eigenvalue weighted by molar-refractivity contribution is -0.137. The van der Waals surface area contributed by atoms with Crippen LogP contribution in [0, 0.1) is 6.92 Å². The van der Waals surface area contributed by atoms with E-state index in [1.807, 2.05) is 43.3 Å². The van der Waals surface area contributed by atoms with Gasteiger partial charge in [0.25, 0.3) is 0 Å². The second kappa shape index (κ2) is 5.33. The zero-order chi connectivity index (χ0) is 15.7. The monoisotopic (exact) mass is 302 g/mol. The lowest BCUT2D eigenvalue weighted by Crippen LogP contribution is -2.04. The summed E-state index contributed by atoms with van der Waals surface area (Å²) < 4.78 is 39.5. The molecule has 0 atom stereocenters. The van der Waals surface area contributed by atoms with Crippen molar-refractivity contribution < 1.29 is 13.2 Å². The molecule has 1 aromatic heterocycles. The van der Waals surface area contributed by atoms with E-state index in [-0.39, 0.29) is 0 Å². The van der Waals surface area contributed by atoms with E-state index in [4.69, 9.17) is 0 Å². The Kier molecular flexibility index (Phi) is 3.48. The maximum Gasteiger partial charge on any atom is 0.416 e. The number of aryl methyl sites for hydroxylation is 1. The summed E-state index contributed by atoms with van der Waals surface area (Å²) >= 11 is 0. The fourth-order valence-electron chi connectivity index (χ4n) is 2.28. The highest BCUT2D eigenvalue weighted by Crippen LogP contribution is 2.31. The summed E-state index contributed by atoms with van der Waals surface area (Å²) in [5, 5.41) is 4.48. The van der Waals surface area contributed by atoms with Gasteiger partial charge >= 0.3 is 6.18 Å². The molecule has 0 amide bonds. The SMILES string of the molecule is Cc1cc(-c2ccc(C(F)(F)F)cc2)nn1-c1ccccc1. The molecule has 5 heteroatoms. The minimum Gasteiger partial charge on any atom is -0.237 e. The molecule has 22 heavy (non-hydrogen) atoms. The molecule has 0 spiro atoms. The van der Waals surface area contributed by atoms with Crippen LogP contribution in [0.5, 0.6) is 0 Å². The molecule has 2 nitrogen and oxygen atoms in total. The van der Waals surface area contributed by atoms with Gasteiger partial charge in [0.2, 0.25) is 0 Å². The summed E-state index contributed by atoms with van der Waals surface area (Å²) in [7, 11) is 0. The van der Waals surface area contributed by atoms with Crippen LogP contribution in [-0.2, 0) is 6.18 Å². The first kappa shape index (κ1) is 14.4.